The zero-order valence-corrected chi connectivity index (χ0v) is 17.0. The second-order valence-corrected chi connectivity index (χ2v) is 8.48. The third-order valence-electron chi connectivity index (χ3n) is 5.29. The molecule has 28 heavy (non-hydrogen) atoms. The molecule has 4 rings (SSSR count). The Morgan fingerprint density at radius 3 is 2.39 bits per heavy atom. The topological polar surface area (TPSA) is 92.7 Å². The molecule has 0 saturated carbocycles. The molecule has 9 heteroatoms. The van der Waals surface area contributed by atoms with Crippen LogP contribution >= 0.6 is 11.8 Å². The van der Waals surface area contributed by atoms with E-state index in [9.17, 15) is 9.59 Å². The van der Waals surface area contributed by atoms with E-state index in [1.807, 2.05) is 16.7 Å². The van der Waals surface area contributed by atoms with Crippen molar-refractivity contribution in [3.8, 4) is 0 Å². The normalized spacial score (nSPS) is 18.5. The molecule has 150 valence electrons. The van der Waals surface area contributed by atoms with Gasteiger partial charge in [0.1, 0.15) is 11.5 Å². The van der Waals surface area contributed by atoms with Crippen LogP contribution in [0, 0.1) is 13.8 Å². The van der Waals surface area contributed by atoms with E-state index in [0.717, 1.165) is 37.4 Å². The highest BCUT2D eigenvalue weighted by atomic mass is 32.2. The van der Waals surface area contributed by atoms with Gasteiger partial charge in [-0.1, -0.05) is 5.16 Å². The van der Waals surface area contributed by atoms with Crippen molar-refractivity contribution in [2.24, 2.45) is 0 Å². The summed E-state index contributed by atoms with van der Waals surface area (Å²) in [5.74, 6) is 3.70. The van der Waals surface area contributed by atoms with Gasteiger partial charge in [0.15, 0.2) is 17.3 Å². The third kappa shape index (κ3) is 3.80. The van der Waals surface area contributed by atoms with Crippen LogP contribution in [-0.4, -0.2) is 69.4 Å². The zero-order chi connectivity index (χ0) is 19.7. The molecular formula is C19H24N4O4S. The first-order valence-electron chi connectivity index (χ1n) is 9.60. The maximum absolute atomic E-state index is 12.7. The second kappa shape index (κ2) is 7.98. The minimum Gasteiger partial charge on any atom is -0.445 e. The Balaban J connectivity index is 1.39. The van der Waals surface area contributed by atoms with E-state index in [1.54, 1.807) is 24.8 Å². The number of rotatable bonds is 3. The lowest BCUT2D eigenvalue weighted by molar-refractivity contribution is 0.0695. The summed E-state index contributed by atoms with van der Waals surface area (Å²) in [4.78, 5) is 33.4. The number of amides is 2. The van der Waals surface area contributed by atoms with E-state index in [2.05, 4.69) is 10.1 Å². The summed E-state index contributed by atoms with van der Waals surface area (Å²) in [5.41, 5.74) is 0.772. The van der Waals surface area contributed by atoms with Gasteiger partial charge in [-0.15, -0.1) is 0 Å². The van der Waals surface area contributed by atoms with Gasteiger partial charge in [-0.25, -0.2) is 4.98 Å². The summed E-state index contributed by atoms with van der Waals surface area (Å²) in [6.45, 7) is 6.28. The fraction of sp³-hybridized carbons (Fsp3) is 0.579. The molecule has 0 atom stereocenters. The van der Waals surface area contributed by atoms with Gasteiger partial charge in [0.25, 0.3) is 11.8 Å². The molecule has 2 aromatic heterocycles. The lowest BCUT2D eigenvalue weighted by Gasteiger charge is -2.30. The van der Waals surface area contributed by atoms with E-state index >= 15 is 0 Å². The summed E-state index contributed by atoms with van der Waals surface area (Å²) in [6, 6.07) is 1.66. The van der Waals surface area contributed by atoms with Crippen LogP contribution in [0.25, 0.3) is 0 Å². The molecule has 8 nitrogen and oxygen atoms in total. The molecule has 2 fully saturated rings. The second-order valence-electron chi connectivity index (χ2n) is 7.25. The van der Waals surface area contributed by atoms with Crippen molar-refractivity contribution in [1.29, 1.82) is 0 Å². The highest BCUT2D eigenvalue weighted by Crippen LogP contribution is 2.30. The molecule has 2 aliphatic rings. The van der Waals surface area contributed by atoms with Crippen molar-refractivity contribution in [3.63, 3.8) is 0 Å². The number of thioether (sulfide) groups is 1. The minimum absolute atomic E-state index is 0.0400. The average Bonchev–Trinajstić information content (AvgIpc) is 3.33. The number of aromatic nitrogens is 2. The van der Waals surface area contributed by atoms with Crippen LogP contribution in [0.1, 0.15) is 57.1 Å². The van der Waals surface area contributed by atoms with Gasteiger partial charge in [0, 0.05) is 49.7 Å². The molecule has 0 aliphatic carbocycles. The quantitative estimate of drug-likeness (QED) is 0.776. The first-order valence-corrected chi connectivity index (χ1v) is 10.8. The predicted octanol–water partition coefficient (Wildman–Crippen LogP) is 2.49. The molecular weight excluding hydrogens is 380 g/mol. The summed E-state index contributed by atoms with van der Waals surface area (Å²) >= 11 is 1.87. The molecule has 4 heterocycles. The van der Waals surface area contributed by atoms with Crippen molar-refractivity contribution < 1.29 is 18.5 Å². The van der Waals surface area contributed by atoms with Gasteiger partial charge in [0.05, 0.1) is 0 Å². The van der Waals surface area contributed by atoms with E-state index in [1.165, 1.54) is 0 Å². The standard InChI is InChI=1S/C19H24N4O4S/c1-12-11-15(21-27-12)18(24)22-5-3-14(4-6-22)17-20-16(13(2)26-17)19(25)23-7-9-28-10-8-23/h11,14H,3-10H2,1-2H3. The highest BCUT2D eigenvalue weighted by Gasteiger charge is 2.31. The summed E-state index contributed by atoms with van der Waals surface area (Å²) in [6.07, 6.45) is 1.49. The van der Waals surface area contributed by atoms with Gasteiger partial charge in [-0.3, -0.25) is 9.59 Å². The monoisotopic (exact) mass is 404 g/mol. The number of carbonyl (C=O) groups is 2. The number of hydrogen-bond donors (Lipinski definition) is 0. The molecule has 0 N–H and O–H groups in total. The maximum Gasteiger partial charge on any atom is 0.276 e. The molecule has 0 bridgehead atoms. The van der Waals surface area contributed by atoms with Gasteiger partial charge in [0.2, 0.25) is 0 Å². The number of piperidine rings is 1. The van der Waals surface area contributed by atoms with Crippen LogP contribution in [0.4, 0.5) is 0 Å². The molecule has 2 amide bonds. The summed E-state index contributed by atoms with van der Waals surface area (Å²) in [5, 5.41) is 3.81. The van der Waals surface area contributed by atoms with Crippen molar-refractivity contribution >= 4 is 23.6 Å². The Morgan fingerprint density at radius 2 is 1.75 bits per heavy atom. The van der Waals surface area contributed by atoms with E-state index in [0.29, 0.717) is 41.9 Å². The number of nitrogens with zero attached hydrogens (tertiary/aromatic N) is 4. The largest absolute Gasteiger partial charge is 0.445 e. The van der Waals surface area contributed by atoms with Gasteiger partial charge in [-0.05, 0) is 26.7 Å². The van der Waals surface area contributed by atoms with Crippen molar-refractivity contribution in [2.45, 2.75) is 32.6 Å². The smallest absolute Gasteiger partial charge is 0.276 e. The highest BCUT2D eigenvalue weighted by molar-refractivity contribution is 7.99. The number of oxazole rings is 1. The fourth-order valence-electron chi connectivity index (χ4n) is 3.66. The van der Waals surface area contributed by atoms with Crippen molar-refractivity contribution in [2.75, 3.05) is 37.7 Å². The molecule has 2 saturated heterocycles. The Labute approximate surface area is 167 Å². The van der Waals surface area contributed by atoms with E-state index < -0.39 is 0 Å². The molecule has 0 radical (unpaired) electrons. The van der Waals surface area contributed by atoms with Crippen LogP contribution in [0.15, 0.2) is 15.0 Å². The maximum atomic E-state index is 12.7. The van der Waals surface area contributed by atoms with Crippen LogP contribution in [0.5, 0.6) is 0 Å². The Bertz CT molecular complexity index is 863. The lowest BCUT2D eigenvalue weighted by Crippen LogP contribution is -2.38. The Hall–Kier alpha value is -2.29. The molecule has 0 spiro atoms. The van der Waals surface area contributed by atoms with Crippen molar-refractivity contribution in [3.05, 3.63) is 34.9 Å². The molecule has 0 aromatic carbocycles. The zero-order valence-electron chi connectivity index (χ0n) is 16.1. The van der Waals surface area contributed by atoms with Crippen molar-refractivity contribution in [1.82, 2.24) is 19.9 Å². The predicted molar refractivity (Wildman–Crippen MR) is 104 cm³/mol. The summed E-state index contributed by atoms with van der Waals surface area (Å²) in [7, 11) is 0. The Morgan fingerprint density at radius 1 is 1.07 bits per heavy atom. The van der Waals surface area contributed by atoms with E-state index in [4.69, 9.17) is 8.94 Å². The van der Waals surface area contributed by atoms with Gasteiger partial charge < -0.3 is 18.7 Å². The first-order chi connectivity index (χ1) is 13.5. The third-order valence-corrected chi connectivity index (χ3v) is 6.24. The van der Waals surface area contributed by atoms with Gasteiger partial charge >= 0.3 is 0 Å². The average molecular weight is 404 g/mol. The number of likely N-dealkylation sites (tertiary alicyclic amines) is 1. The van der Waals surface area contributed by atoms with Gasteiger partial charge in [-0.2, -0.15) is 11.8 Å². The fourth-order valence-corrected chi connectivity index (χ4v) is 4.57. The number of carbonyl (C=O) groups excluding carboxylic acids is 2. The molecule has 2 aliphatic heterocycles. The van der Waals surface area contributed by atoms with E-state index in [-0.39, 0.29) is 17.7 Å². The molecule has 0 unspecified atom stereocenters. The lowest BCUT2D eigenvalue weighted by atomic mass is 9.96. The van der Waals surface area contributed by atoms with Crippen LogP contribution in [-0.2, 0) is 0 Å². The first kappa shape index (κ1) is 19.0. The van der Waals surface area contributed by atoms with Crippen LogP contribution < -0.4 is 0 Å². The minimum atomic E-state index is -0.113. The van der Waals surface area contributed by atoms with Crippen LogP contribution in [0.3, 0.4) is 0 Å². The SMILES string of the molecule is Cc1cc(C(=O)N2CCC(c3nc(C(=O)N4CCSCC4)c(C)o3)CC2)no1. The van der Waals surface area contributed by atoms with Crippen LogP contribution in [0.2, 0.25) is 0 Å². The number of aryl methyl sites for hydroxylation is 2. The molecule has 2 aromatic rings. The summed E-state index contributed by atoms with van der Waals surface area (Å²) < 4.78 is 10.9. The number of hydrogen-bond acceptors (Lipinski definition) is 7. The Kier molecular flexibility index (Phi) is 5.43.